The van der Waals surface area contributed by atoms with Crippen molar-refractivity contribution in [1.29, 1.82) is 0 Å². The maximum Gasteiger partial charge on any atom is 0.231 e. The molecule has 1 atom stereocenters. The van der Waals surface area contributed by atoms with Crippen molar-refractivity contribution in [3.63, 3.8) is 0 Å². The van der Waals surface area contributed by atoms with Gasteiger partial charge in [-0.05, 0) is 17.7 Å². The van der Waals surface area contributed by atoms with Crippen LogP contribution in [0, 0.1) is 0 Å². The van der Waals surface area contributed by atoms with Crippen LogP contribution in [0.2, 0.25) is 5.02 Å². The van der Waals surface area contributed by atoms with E-state index < -0.39 is 6.10 Å². The lowest BCUT2D eigenvalue weighted by Gasteiger charge is -2.11. The molecule has 0 amide bonds. The molecule has 2 heterocycles. The summed E-state index contributed by atoms with van der Waals surface area (Å²) in [5.74, 6) is 1.13. The van der Waals surface area contributed by atoms with Crippen LogP contribution in [0.5, 0.6) is 11.5 Å². The lowest BCUT2D eigenvalue weighted by atomic mass is 10.1. The van der Waals surface area contributed by atoms with Gasteiger partial charge in [0.2, 0.25) is 6.79 Å². The summed E-state index contributed by atoms with van der Waals surface area (Å²) >= 11 is 7.59. The Hall–Kier alpha value is -1.30. The van der Waals surface area contributed by atoms with Crippen molar-refractivity contribution < 1.29 is 14.6 Å². The largest absolute Gasteiger partial charge is 0.454 e. The van der Waals surface area contributed by atoms with Crippen LogP contribution in [0.25, 0.3) is 0 Å². The van der Waals surface area contributed by atoms with Gasteiger partial charge in [-0.3, -0.25) is 4.98 Å². The normalized spacial score (nSPS) is 14.8. The van der Waals surface area contributed by atoms with E-state index in [2.05, 4.69) is 4.98 Å². The molecule has 0 fully saturated rings. The Bertz CT molecular complexity index is 559. The SMILES string of the molecule is OC(Cc1cncs1)c1cc(Cl)c2c(c1)OCO2. The Morgan fingerprint density at radius 1 is 1.44 bits per heavy atom. The first-order chi connectivity index (χ1) is 8.74. The number of nitrogens with zero attached hydrogens (tertiary/aromatic N) is 1. The number of aromatic nitrogens is 1. The van der Waals surface area contributed by atoms with Crippen LogP contribution >= 0.6 is 22.9 Å². The minimum absolute atomic E-state index is 0.170. The van der Waals surface area contributed by atoms with Crippen molar-refractivity contribution in [2.45, 2.75) is 12.5 Å². The highest BCUT2D eigenvalue weighted by Gasteiger charge is 2.21. The summed E-state index contributed by atoms with van der Waals surface area (Å²) in [7, 11) is 0. The van der Waals surface area contributed by atoms with Crippen LogP contribution in [0.3, 0.4) is 0 Å². The second kappa shape index (κ2) is 4.76. The molecule has 6 heteroatoms. The monoisotopic (exact) mass is 283 g/mol. The van der Waals surface area contributed by atoms with Crippen molar-refractivity contribution >= 4 is 22.9 Å². The predicted octanol–water partition coefficient (Wildman–Crippen LogP) is 2.80. The third kappa shape index (κ3) is 2.16. The fraction of sp³-hybridized carbons (Fsp3) is 0.250. The topological polar surface area (TPSA) is 51.6 Å². The Labute approximate surface area is 113 Å². The number of benzene rings is 1. The molecule has 0 bridgehead atoms. The van der Waals surface area contributed by atoms with Crippen LogP contribution in [-0.2, 0) is 6.42 Å². The third-order valence-corrected chi connectivity index (χ3v) is 3.80. The van der Waals surface area contributed by atoms with Gasteiger partial charge < -0.3 is 14.6 Å². The predicted molar refractivity (Wildman–Crippen MR) is 68.4 cm³/mol. The van der Waals surface area contributed by atoms with Crippen LogP contribution < -0.4 is 9.47 Å². The number of thiazole rings is 1. The minimum atomic E-state index is -0.627. The van der Waals surface area contributed by atoms with E-state index in [0.29, 0.717) is 22.9 Å². The first-order valence-corrected chi connectivity index (χ1v) is 6.64. The number of hydrogen-bond donors (Lipinski definition) is 1. The number of halogens is 1. The molecule has 1 N–H and O–H groups in total. The fourth-order valence-corrected chi connectivity index (χ4v) is 2.74. The molecule has 0 saturated heterocycles. The van der Waals surface area contributed by atoms with Crippen LogP contribution in [0.4, 0.5) is 0 Å². The Kier molecular flexibility index (Phi) is 3.11. The molecule has 1 aromatic carbocycles. The Morgan fingerprint density at radius 2 is 2.33 bits per heavy atom. The van der Waals surface area contributed by atoms with E-state index in [1.807, 2.05) is 0 Å². The molecule has 18 heavy (non-hydrogen) atoms. The Balaban J connectivity index is 1.86. The number of rotatable bonds is 3. The second-order valence-electron chi connectivity index (χ2n) is 3.92. The highest BCUT2D eigenvalue weighted by atomic mass is 35.5. The van der Waals surface area contributed by atoms with Crippen molar-refractivity contribution in [3.8, 4) is 11.5 Å². The first-order valence-electron chi connectivity index (χ1n) is 5.38. The van der Waals surface area contributed by atoms with Gasteiger partial charge in [0.25, 0.3) is 0 Å². The summed E-state index contributed by atoms with van der Waals surface area (Å²) in [6.45, 7) is 0.170. The molecule has 1 aliphatic heterocycles. The number of aliphatic hydroxyl groups is 1. The van der Waals surface area contributed by atoms with Gasteiger partial charge in [0.15, 0.2) is 11.5 Å². The van der Waals surface area contributed by atoms with E-state index in [-0.39, 0.29) is 6.79 Å². The van der Waals surface area contributed by atoms with Crippen molar-refractivity contribution in [2.75, 3.05) is 6.79 Å². The molecule has 0 radical (unpaired) electrons. The van der Waals surface area contributed by atoms with Crippen LogP contribution in [-0.4, -0.2) is 16.9 Å². The average molecular weight is 284 g/mol. The van der Waals surface area contributed by atoms with Crippen molar-refractivity contribution in [1.82, 2.24) is 4.98 Å². The first kappa shape index (κ1) is 11.8. The summed E-state index contributed by atoms with van der Waals surface area (Å²) in [5.41, 5.74) is 2.46. The molecule has 1 aliphatic rings. The van der Waals surface area contributed by atoms with Gasteiger partial charge in [0.1, 0.15) is 0 Å². The smallest absolute Gasteiger partial charge is 0.231 e. The quantitative estimate of drug-likeness (QED) is 0.941. The van der Waals surface area contributed by atoms with Gasteiger partial charge in [-0.2, -0.15) is 0 Å². The minimum Gasteiger partial charge on any atom is -0.454 e. The van der Waals surface area contributed by atoms with Crippen LogP contribution in [0.15, 0.2) is 23.8 Å². The molecular formula is C12H10ClNO3S. The van der Waals surface area contributed by atoms with Gasteiger partial charge in [0.05, 0.1) is 16.6 Å². The van der Waals surface area contributed by atoms with Gasteiger partial charge >= 0.3 is 0 Å². The van der Waals surface area contributed by atoms with Gasteiger partial charge in [-0.25, -0.2) is 0 Å². The maximum atomic E-state index is 10.2. The fourth-order valence-electron chi connectivity index (χ4n) is 1.83. The molecule has 1 unspecified atom stereocenters. The zero-order chi connectivity index (χ0) is 12.5. The lowest BCUT2D eigenvalue weighted by molar-refractivity contribution is 0.171. The zero-order valence-corrected chi connectivity index (χ0v) is 10.9. The van der Waals surface area contributed by atoms with Crippen molar-refractivity contribution in [2.24, 2.45) is 0 Å². The molecule has 2 aromatic rings. The molecular weight excluding hydrogens is 274 g/mol. The van der Waals surface area contributed by atoms with Crippen molar-refractivity contribution in [3.05, 3.63) is 39.3 Å². The molecule has 4 nitrogen and oxygen atoms in total. The average Bonchev–Trinajstić information content (AvgIpc) is 2.98. The molecule has 0 aliphatic carbocycles. The Morgan fingerprint density at radius 3 is 3.11 bits per heavy atom. The zero-order valence-electron chi connectivity index (χ0n) is 9.30. The maximum absolute atomic E-state index is 10.2. The molecule has 1 aromatic heterocycles. The van der Waals surface area contributed by atoms with E-state index in [9.17, 15) is 5.11 Å². The highest BCUT2D eigenvalue weighted by molar-refractivity contribution is 7.09. The molecule has 94 valence electrons. The number of hydrogen-bond acceptors (Lipinski definition) is 5. The van der Waals surface area contributed by atoms with E-state index in [1.54, 1.807) is 23.8 Å². The van der Waals surface area contributed by atoms with Gasteiger partial charge in [0, 0.05) is 17.5 Å². The summed E-state index contributed by atoms with van der Waals surface area (Å²) in [4.78, 5) is 5.01. The summed E-state index contributed by atoms with van der Waals surface area (Å²) in [5, 5.41) is 10.6. The summed E-state index contributed by atoms with van der Waals surface area (Å²) in [6, 6.07) is 3.47. The van der Waals surface area contributed by atoms with E-state index >= 15 is 0 Å². The number of fused-ring (bicyclic) bond motifs is 1. The lowest BCUT2D eigenvalue weighted by Crippen LogP contribution is -2.00. The van der Waals surface area contributed by atoms with E-state index in [1.165, 1.54) is 11.3 Å². The standard InChI is InChI=1S/C12H10ClNO3S/c13-9-1-7(2-11-12(9)17-6-16-11)10(15)3-8-4-14-5-18-8/h1-2,4-5,10,15H,3,6H2. The second-order valence-corrected chi connectivity index (χ2v) is 5.30. The third-order valence-electron chi connectivity index (χ3n) is 2.71. The van der Waals surface area contributed by atoms with Gasteiger partial charge in [-0.15, -0.1) is 11.3 Å². The molecule has 3 rings (SSSR count). The number of ether oxygens (including phenoxy) is 2. The number of aliphatic hydroxyl groups excluding tert-OH is 1. The molecule has 0 spiro atoms. The molecule has 0 saturated carbocycles. The van der Waals surface area contributed by atoms with Gasteiger partial charge in [-0.1, -0.05) is 11.6 Å². The highest BCUT2D eigenvalue weighted by Crippen LogP contribution is 2.41. The summed E-state index contributed by atoms with van der Waals surface area (Å²) < 4.78 is 10.5. The van der Waals surface area contributed by atoms with Crippen LogP contribution in [0.1, 0.15) is 16.5 Å². The van der Waals surface area contributed by atoms with E-state index in [0.717, 1.165) is 10.4 Å². The summed E-state index contributed by atoms with van der Waals surface area (Å²) in [6.07, 6.45) is 1.64. The van der Waals surface area contributed by atoms with E-state index in [4.69, 9.17) is 21.1 Å².